The van der Waals surface area contributed by atoms with Gasteiger partial charge in [-0.2, -0.15) is 0 Å². The lowest BCUT2D eigenvalue weighted by atomic mass is 9.92. The van der Waals surface area contributed by atoms with E-state index in [-0.39, 0.29) is 24.0 Å². The van der Waals surface area contributed by atoms with E-state index in [1.165, 1.54) is 25.1 Å². The van der Waals surface area contributed by atoms with Crippen LogP contribution in [0.15, 0.2) is 35.3 Å². The molecule has 24 heavy (non-hydrogen) atoms. The minimum atomic E-state index is 0. The Morgan fingerprint density at radius 3 is 2.54 bits per heavy atom. The summed E-state index contributed by atoms with van der Waals surface area (Å²) in [7, 11) is 0. The fraction of sp³-hybridized carbons (Fsp3) is 0.632. The van der Waals surface area contributed by atoms with E-state index in [0.29, 0.717) is 5.96 Å². The highest BCUT2D eigenvalue weighted by molar-refractivity contribution is 14.0. The van der Waals surface area contributed by atoms with Crippen molar-refractivity contribution in [3.63, 3.8) is 0 Å². The Morgan fingerprint density at radius 2 is 1.88 bits per heavy atom. The second-order valence-electron chi connectivity index (χ2n) is 6.99. The van der Waals surface area contributed by atoms with Gasteiger partial charge in [-0.05, 0) is 43.2 Å². The lowest BCUT2D eigenvalue weighted by molar-refractivity contribution is 0.140. The molecule has 2 atom stereocenters. The van der Waals surface area contributed by atoms with E-state index in [4.69, 9.17) is 5.73 Å². The van der Waals surface area contributed by atoms with Crippen molar-refractivity contribution in [2.45, 2.75) is 33.1 Å². The Labute approximate surface area is 164 Å². The maximum atomic E-state index is 5.93. The second kappa shape index (κ2) is 11.7. The Morgan fingerprint density at radius 1 is 1.21 bits per heavy atom. The van der Waals surface area contributed by atoms with Crippen molar-refractivity contribution in [1.29, 1.82) is 0 Å². The molecule has 0 aromatic heterocycles. The van der Waals surface area contributed by atoms with Crippen molar-refractivity contribution in [2.75, 3.05) is 32.7 Å². The van der Waals surface area contributed by atoms with Crippen LogP contribution in [0.25, 0.3) is 0 Å². The molecule has 4 nitrogen and oxygen atoms in total. The van der Waals surface area contributed by atoms with Gasteiger partial charge in [-0.1, -0.05) is 44.2 Å². The number of piperidine rings is 1. The summed E-state index contributed by atoms with van der Waals surface area (Å²) in [6, 6.07) is 10.4. The zero-order valence-corrected chi connectivity index (χ0v) is 17.4. The van der Waals surface area contributed by atoms with Crippen LogP contribution in [0.2, 0.25) is 0 Å². The molecule has 1 fully saturated rings. The van der Waals surface area contributed by atoms with E-state index < -0.39 is 0 Å². The first-order chi connectivity index (χ1) is 11.1. The van der Waals surface area contributed by atoms with Gasteiger partial charge in [-0.15, -0.1) is 24.0 Å². The molecule has 0 spiro atoms. The fourth-order valence-corrected chi connectivity index (χ4v) is 3.50. The summed E-state index contributed by atoms with van der Waals surface area (Å²) in [6.45, 7) is 9.96. The normalized spacial score (nSPS) is 22.0. The van der Waals surface area contributed by atoms with Crippen molar-refractivity contribution < 1.29 is 0 Å². The van der Waals surface area contributed by atoms with E-state index in [1.54, 1.807) is 0 Å². The zero-order chi connectivity index (χ0) is 16.5. The van der Waals surface area contributed by atoms with Crippen LogP contribution in [0.5, 0.6) is 0 Å². The molecule has 1 aromatic rings. The lowest BCUT2D eigenvalue weighted by Crippen LogP contribution is -2.39. The third-order valence-corrected chi connectivity index (χ3v) is 4.42. The highest BCUT2D eigenvalue weighted by Gasteiger charge is 2.20. The van der Waals surface area contributed by atoms with E-state index in [0.717, 1.165) is 44.3 Å². The summed E-state index contributed by atoms with van der Waals surface area (Å²) >= 11 is 0. The third kappa shape index (κ3) is 8.33. The molecule has 5 heteroatoms. The van der Waals surface area contributed by atoms with Crippen LogP contribution in [0, 0.1) is 11.8 Å². The number of guanidine groups is 1. The van der Waals surface area contributed by atoms with Crippen LogP contribution in [0.4, 0.5) is 0 Å². The quantitative estimate of drug-likeness (QED) is 0.294. The minimum absolute atomic E-state index is 0. The molecule has 0 radical (unpaired) electrons. The average molecular weight is 444 g/mol. The van der Waals surface area contributed by atoms with Gasteiger partial charge in [-0.3, -0.25) is 4.99 Å². The monoisotopic (exact) mass is 444 g/mol. The van der Waals surface area contributed by atoms with Crippen LogP contribution in [0.3, 0.4) is 0 Å². The van der Waals surface area contributed by atoms with Gasteiger partial charge < -0.3 is 16.0 Å². The number of nitrogens with two attached hydrogens (primary N) is 1. The third-order valence-electron chi connectivity index (χ3n) is 4.42. The molecule has 0 amide bonds. The van der Waals surface area contributed by atoms with Gasteiger partial charge >= 0.3 is 0 Å². The van der Waals surface area contributed by atoms with Gasteiger partial charge in [0.25, 0.3) is 0 Å². The van der Waals surface area contributed by atoms with Crippen LogP contribution >= 0.6 is 24.0 Å². The number of halogens is 1. The molecule has 0 bridgehead atoms. The first kappa shape index (κ1) is 21.2. The number of hydrogen-bond donors (Lipinski definition) is 2. The summed E-state index contributed by atoms with van der Waals surface area (Å²) in [6.07, 6.45) is 3.42. The molecule has 136 valence electrons. The second-order valence-corrected chi connectivity index (χ2v) is 6.99. The smallest absolute Gasteiger partial charge is 0.188 e. The number of nitrogens with one attached hydrogen (secondary N) is 1. The molecule has 2 unspecified atom stereocenters. The molecule has 3 N–H and O–H groups in total. The summed E-state index contributed by atoms with van der Waals surface area (Å²) < 4.78 is 0. The highest BCUT2D eigenvalue weighted by Crippen LogP contribution is 2.20. The highest BCUT2D eigenvalue weighted by atomic mass is 127. The number of nitrogens with zero attached hydrogens (tertiary/aromatic N) is 2. The van der Waals surface area contributed by atoms with Crippen LogP contribution < -0.4 is 11.1 Å². The first-order valence-corrected chi connectivity index (χ1v) is 8.93. The Balaban J connectivity index is 0.00000288. The van der Waals surface area contributed by atoms with Crippen molar-refractivity contribution in [3.05, 3.63) is 35.9 Å². The van der Waals surface area contributed by atoms with Gasteiger partial charge in [0.05, 0.1) is 0 Å². The van der Waals surface area contributed by atoms with E-state index in [9.17, 15) is 0 Å². The maximum absolute atomic E-state index is 5.93. The molecule has 1 saturated heterocycles. The largest absolute Gasteiger partial charge is 0.370 e. The molecule has 0 saturated carbocycles. The van der Waals surface area contributed by atoms with E-state index in [2.05, 4.69) is 53.3 Å². The summed E-state index contributed by atoms with van der Waals surface area (Å²) in [5.41, 5.74) is 7.25. The molecule has 1 aliphatic heterocycles. The van der Waals surface area contributed by atoms with Crippen LogP contribution in [-0.4, -0.2) is 43.6 Å². The van der Waals surface area contributed by atoms with E-state index >= 15 is 0 Å². The number of benzene rings is 1. The molecular weight excluding hydrogens is 411 g/mol. The fourth-order valence-electron chi connectivity index (χ4n) is 3.50. The molecule has 2 rings (SSSR count). The Bertz CT molecular complexity index is 468. The van der Waals surface area contributed by atoms with Gasteiger partial charge in [0, 0.05) is 26.2 Å². The summed E-state index contributed by atoms with van der Waals surface area (Å²) in [4.78, 5) is 7.01. The Hall–Kier alpha value is -0.820. The molecular formula is C19H33IN4. The number of aliphatic imine (C=N–C) groups is 1. The van der Waals surface area contributed by atoms with Crippen molar-refractivity contribution >= 4 is 29.9 Å². The topological polar surface area (TPSA) is 53.6 Å². The number of hydrogen-bond acceptors (Lipinski definition) is 2. The predicted octanol–water partition coefficient (Wildman–Crippen LogP) is 3.12. The SMILES string of the molecule is CC1CC(C)CN(CCCN=C(N)NCCc2ccccc2)C1.I. The first-order valence-electron chi connectivity index (χ1n) is 8.93. The average Bonchev–Trinajstić information content (AvgIpc) is 2.52. The van der Waals surface area contributed by atoms with E-state index in [1.807, 2.05) is 6.07 Å². The van der Waals surface area contributed by atoms with Crippen LogP contribution in [-0.2, 0) is 6.42 Å². The number of likely N-dealkylation sites (tertiary alicyclic amines) is 1. The standard InChI is InChI=1S/C19H32N4.HI/c1-16-13-17(2)15-23(14-16)12-6-10-21-19(20)22-11-9-18-7-4-3-5-8-18;/h3-5,7-8,16-17H,6,9-15H2,1-2H3,(H3,20,21,22);1H. The van der Waals surface area contributed by atoms with Crippen molar-refractivity contribution in [1.82, 2.24) is 10.2 Å². The molecule has 1 aromatic carbocycles. The van der Waals surface area contributed by atoms with Gasteiger partial charge in [0.15, 0.2) is 5.96 Å². The van der Waals surface area contributed by atoms with Crippen molar-refractivity contribution in [3.8, 4) is 0 Å². The summed E-state index contributed by atoms with van der Waals surface area (Å²) in [5.74, 6) is 2.22. The maximum Gasteiger partial charge on any atom is 0.188 e. The van der Waals surface area contributed by atoms with Gasteiger partial charge in [0.1, 0.15) is 0 Å². The minimum Gasteiger partial charge on any atom is -0.370 e. The molecule has 1 aliphatic rings. The lowest BCUT2D eigenvalue weighted by Gasteiger charge is -2.34. The Kier molecular flexibility index (Phi) is 10.3. The van der Waals surface area contributed by atoms with Gasteiger partial charge in [0.2, 0.25) is 0 Å². The summed E-state index contributed by atoms with van der Waals surface area (Å²) in [5, 5.41) is 3.20. The van der Waals surface area contributed by atoms with Crippen LogP contribution in [0.1, 0.15) is 32.3 Å². The number of rotatable bonds is 7. The molecule has 0 aliphatic carbocycles. The predicted molar refractivity (Wildman–Crippen MR) is 114 cm³/mol. The zero-order valence-electron chi connectivity index (χ0n) is 15.1. The van der Waals surface area contributed by atoms with Crippen molar-refractivity contribution in [2.24, 2.45) is 22.6 Å². The van der Waals surface area contributed by atoms with Gasteiger partial charge in [-0.25, -0.2) is 0 Å². The molecule has 1 heterocycles.